The number of carbonyl (C=O) groups is 1. The summed E-state index contributed by atoms with van der Waals surface area (Å²) in [6.45, 7) is 3.23. The molecule has 0 saturated carbocycles. The van der Waals surface area contributed by atoms with Gasteiger partial charge in [0.15, 0.2) is 0 Å². The number of thiazole rings is 1. The van der Waals surface area contributed by atoms with Crippen LogP contribution in [-0.4, -0.2) is 50.5 Å². The molecule has 8 heteroatoms. The number of hydrogen-bond acceptors (Lipinski definition) is 6. The topological polar surface area (TPSA) is 84.5 Å². The van der Waals surface area contributed by atoms with Crippen LogP contribution in [0.3, 0.4) is 0 Å². The summed E-state index contributed by atoms with van der Waals surface area (Å²) >= 11 is 1.54. The number of hydrogen-bond donors (Lipinski definition) is 3. The van der Waals surface area contributed by atoms with E-state index in [4.69, 9.17) is 9.47 Å². The third-order valence-corrected chi connectivity index (χ3v) is 4.84. The van der Waals surface area contributed by atoms with Gasteiger partial charge in [-0.3, -0.25) is 0 Å². The minimum Gasteiger partial charge on any atom is -0.496 e. The van der Waals surface area contributed by atoms with Crippen molar-refractivity contribution in [3.8, 4) is 16.3 Å². The highest BCUT2D eigenvalue weighted by molar-refractivity contribution is 7.15. The number of carbonyl (C=O) groups excluding carboxylic acids is 1. The quantitative estimate of drug-likeness (QED) is 0.727. The molecule has 0 bridgehead atoms. The van der Waals surface area contributed by atoms with Gasteiger partial charge >= 0.3 is 6.03 Å². The molecule has 1 fully saturated rings. The summed E-state index contributed by atoms with van der Waals surface area (Å²) in [5.41, 5.74) is 0.952. The van der Waals surface area contributed by atoms with Crippen LogP contribution in [0, 0.1) is 0 Å². The second-order valence-electron chi connectivity index (χ2n) is 5.59. The van der Waals surface area contributed by atoms with Gasteiger partial charge in [-0.05, 0) is 12.1 Å². The van der Waals surface area contributed by atoms with Crippen molar-refractivity contribution in [1.29, 1.82) is 0 Å². The third kappa shape index (κ3) is 4.91. The van der Waals surface area contributed by atoms with Crippen molar-refractivity contribution in [2.75, 3.05) is 33.4 Å². The molecule has 1 aromatic carbocycles. The zero-order valence-electron chi connectivity index (χ0n) is 14.1. The summed E-state index contributed by atoms with van der Waals surface area (Å²) in [7, 11) is 1.64. The maximum atomic E-state index is 11.9. The zero-order chi connectivity index (χ0) is 17.5. The lowest BCUT2D eigenvalue weighted by molar-refractivity contribution is 0.0307. The maximum Gasteiger partial charge on any atom is 0.315 e. The molecule has 134 valence electrons. The van der Waals surface area contributed by atoms with Gasteiger partial charge in [-0.2, -0.15) is 0 Å². The van der Waals surface area contributed by atoms with Crippen molar-refractivity contribution in [1.82, 2.24) is 20.9 Å². The summed E-state index contributed by atoms with van der Waals surface area (Å²) in [6, 6.07) is 7.55. The normalized spacial score (nSPS) is 17.1. The second-order valence-corrected chi connectivity index (χ2v) is 6.71. The first-order valence-electron chi connectivity index (χ1n) is 8.18. The SMILES string of the molecule is COc1ccccc1-c1ncc(CNC(=O)NC[C@H]2CNCCO2)s1. The fraction of sp³-hybridized carbons (Fsp3) is 0.412. The number of methoxy groups -OCH3 is 1. The van der Waals surface area contributed by atoms with Gasteiger partial charge in [0.1, 0.15) is 10.8 Å². The molecule has 7 nitrogen and oxygen atoms in total. The highest BCUT2D eigenvalue weighted by Gasteiger charge is 2.14. The first kappa shape index (κ1) is 17.7. The van der Waals surface area contributed by atoms with Crippen LogP contribution in [0.5, 0.6) is 5.75 Å². The van der Waals surface area contributed by atoms with Gasteiger partial charge in [0.05, 0.1) is 31.9 Å². The van der Waals surface area contributed by atoms with Gasteiger partial charge in [0, 0.05) is 30.7 Å². The van der Waals surface area contributed by atoms with E-state index >= 15 is 0 Å². The Kier molecular flexibility index (Phi) is 6.21. The Labute approximate surface area is 150 Å². The molecule has 3 rings (SSSR count). The average Bonchev–Trinajstić information content (AvgIpc) is 3.14. The van der Waals surface area contributed by atoms with Crippen LogP contribution in [-0.2, 0) is 11.3 Å². The molecule has 1 aliphatic rings. The van der Waals surface area contributed by atoms with E-state index in [-0.39, 0.29) is 12.1 Å². The smallest absolute Gasteiger partial charge is 0.315 e. The highest BCUT2D eigenvalue weighted by Crippen LogP contribution is 2.32. The molecule has 0 aliphatic carbocycles. The van der Waals surface area contributed by atoms with Crippen LogP contribution in [0.25, 0.3) is 10.6 Å². The van der Waals surface area contributed by atoms with Gasteiger partial charge in [-0.1, -0.05) is 12.1 Å². The number of para-hydroxylation sites is 1. The number of ether oxygens (including phenoxy) is 2. The molecule has 0 radical (unpaired) electrons. The second kappa shape index (κ2) is 8.80. The van der Waals surface area contributed by atoms with E-state index in [1.165, 1.54) is 11.3 Å². The van der Waals surface area contributed by atoms with Gasteiger partial charge in [0.25, 0.3) is 0 Å². The molecule has 0 unspecified atom stereocenters. The van der Waals surface area contributed by atoms with Crippen LogP contribution < -0.4 is 20.7 Å². The van der Waals surface area contributed by atoms with Gasteiger partial charge in [0.2, 0.25) is 0 Å². The highest BCUT2D eigenvalue weighted by atomic mass is 32.1. The first-order chi connectivity index (χ1) is 12.3. The Balaban J connectivity index is 1.49. The van der Waals surface area contributed by atoms with Crippen molar-refractivity contribution < 1.29 is 14.3 Å². The number of urea groups is 1. The lowest BCUT2D eigenvalue weighted by atomic mass is 10.2. The van der Waals surface area contributed by atoms with Crippen LogP contribution in [0.4, 0.5) is 4.79 Å². The monoisotopic (exact) mass is 362 g/mol. The Bertz CT molecular complexity index is 701. The zero-order valence-corrected chi connectivity index (χ0v) is 14.9. The lowest BCUT2D eigenvalue weighted by Crippen LogP contribution is -2.47. The maximum absolute atomic E-state index is 11.9. The molecule has 1 aromatic heterocycles. The van der Waals surface area contributed by atoms with E-state index in [0.717, 1.165) is 34.3 Å². The molecule has 2 heterocycles. The Hall–Kier alpha value is -2.16. The summed E-state index contributed by atoms with van der Waals surface area (Å²) in [4.78, 5) is 17.3. The van der Waals surface area contributed by atoms with Crippen molar-refractivity contribution in [3.05, 3.63) is 35.3 Å². The minimum atomic E-state index is -0.207. The fourth-order valence-electron chi connectivity index (χ4n) is 2.52. The Morgan fingerprint density at radius 3 is 3.12 bits per heavy atom. The van der Waals surface area contributed by atoms with Crippen molar-refractivity contribution in [3.63, 3.8) is 0 Å². The number of benzene rings is 1. The van der Waals surface area contributed by atoms with Crippen LogP contribution >= 0.6 is 11.3 Å². The van der Waals surface area contributed by atoms with Crippen molar-refractivity contribution in [2.45, 2.75) is 12.6 Å². The van der Waals surface area contributed by atoms with Gasteiger partial charge < -0.3 is 25.4 Å². The van der Waals surface area contributed by atoms with E-state index in [0.29, 0.717) is 19.7 Å². The number of amides is 2. The largest absolute Gasteiger partial charge is 0.496 e. The van der Waals surface area contributed by atoms with E-state index < -0.39 is 0 Å². The number of aromatic nitrogens is 1. The first-order valence-corrected chi connectivity index (χ1v) is 9.00. The minimum absolute atomic E-state index is 0.0278. The third-order valence-electron chi connectivity index (χ3n) is 3.81. The molecule has 0 spiro atoms. The average molecular weight is 362 g/mol. The molecule has 1 aliphatic heterocycles. The number of nitrogens with zero attached hydrogens (tertiary/aromatic N) is 1. The summed E-state index contributed by atoms with van der Waals surface area (Å²) in [5, 5.41) is 9.78. The summed E-state index contributed by atoms with van der Waals surface area (Å²) < 4.78 is 10.9. The van der Waals surface area contributed by atoms with Crippen LogP contribution in [0.1, 0.15) is 4.88 Å². The molecular weight excluding hydrogens is 340 g/mol. The van der Waals surface area contributed by atoms with Gasteiger partial charge in [-0.25, -0.2) is 9.78 Å². The molecule has 2 amide bonds. The summed E-state index contributed by atoms with van der Waals surface area (Å²) in [5.74, 6) is 0.787. The molecule has 1 atom stereocenters. The Morgan fingerprint density at radius 1 is 1.44 bits per heavy atom. The van der Waals surface area contributed by atoms with Crippen molar-refractivity contribution >= 4 is 17.4 Å². The van der Waals surface area contributed by atoms with Crippen LogP contribution in [0.15, 0.2) is 30.5 Å². The van der Waals surface area contributed by atoms with Crippen LogP contribution in [0.2, 0.25) is 0 Å². The number of rotatable bonds is 6. The number of nitrogens with one attached hydrogen (secondary N) is 3. The lowest BCUT2D eigenvalue weighted by Gasteiger charge is -2.23. The predicted molar refractivity (Wildman–Crippen MR) is 97.0 cm³/mol. The Morgan fingerprint density at radius 2 is 2.32 bits per heavy atom. The molecule has 25 heavy (non-hydrogen) atoms. The molecule has 3 N–H and O–H groups in total. The van der Waals surface area contributed by atoms with E-state index in [9.17, 15) is 4.79 Å². The molecular formula is C17H22N4O3S. The van der Waals surface area contributed by atoms with E-state index in [1.54, 1.807) is 13.3 Å². The van der Waals surface area contributed by atoms with Gasteiger partial charge in [-0.15, -0.1) is 11.3 Å². The van der Waals surface area contributed by atoms with Crippen molar-refractivity contribution in [2.24, 2.45) is 0 Å². The predicted octanol–water partition coefficient (Wildman–Crippen LogP) is 1.61. The van der Waals surface area contributed by atoms with E-state index in [2.05, 4.69) is 20.9 Å². The standard InChI is InChI=1S/C17H22N4O3S/c1-23-15-5-3-2-4-14(15)16-19-10-13(25-16)11-21-17(22)20-9-12-8-18-6-7-24-12/h2-5,10,12,18H,6-9,11H2,1H3,(H2,20,21,22)/t12-/m1/s1. The fourth-order valence-corrected chi connectivity index (χ4v) is 3.40. The summed E-state index contributed by atoms with van der Waals surface area (Å²) in [6.07, 6.45) is 1.81. The number of morpholine rings is 1. The molecule has 1 saturated heterocycles. The molecule has 2 aromatic rings. The van der Waals surface area contributed by atoms with E-state index in [1.807, 2.05) is 24.3 Å².